The van der Waals surface area contributed by atoms with Crippen LogP contribution in [-0.4, -0.2) is 36.9 Å². The fourth-order valence-corrected chi connectivity index (χ4v) is 4.35. The zero-order valence-electron chi connectivity index (χ0n) is 20.5. The van der Waals surface area contributed by atoms with E-state index >= 15 is 0 Å². The molecule has 5 heteroatoms. The summed E-state index contributed by atoms with van der Waals surface area (Å²) in [4.78, 5) is 28.0. The Balaban J connectivity index is 1.53. The van der Waals surface area contributed by atoms with Crippen molar-refractivity contribution in [2.24, 2.45) is 0 Å². The van der Waals surface area contributed by atoms with Crippen molar-refractivity contribution in [3.63, 3.8) is 0 Å². The zero-order valence-corrected chi connectivity index (χ0v) is 20.5. The normalized spacial score (nSPS) is 14.8. The van der Waals surface area contributed by atoms with Gasteiger partial charge in [0.1, 0.15) is 17.4 Å². The highest BCUT2D eigenvalue weighted by Gasteiger charge is 2.20. The van der Waals surface area contributed by atoms with Gasteiger partial charge in [-0.1, -0.05) is 29.8 Å². The molecule has 1 saturated heterocycles. The van der Waals surface area contributed by atoms with Gasteiger partial charge in [-0.2, -0.15) is 0 Å². The highest BCUT2D eigenvalue weighted by molar-refractivity contribution is 5.98. The van der Waals surface area contributed by atoms with Crippen molar-refractivity contribution in [2.45, 2.75) is 52.6 Å². The number of Topliss-reactive ketones (excluding diaryl/α,β-unsaturated/α-hetero) is 1. The van der Waals surface area contributed by atoms with E-state index in [-0.39, 0.29) is 18.3 Å². The molecule has 34 heavy (non-hydrogen) atoms. The summed E-state index contributed by atoms with van der Waals surface area (Å²) in [7, 11) is 2.12. The molecule has 4 rings (SSSR count). The Kier molecular flexibility index (Phi) is 7.32. The van der Waals surface area contributed by atoms with Gasteiger partial charge in [0.2, 0.25) is 0 Å². The van der Waals surface area contributed by atoms with E-state index in [2.05, 4.69) is 31.9 Å². The number of aryl methyl sites for hydroxylation is 1. The minimum atomic E-state index is -0.471. The van der Waals surface area contributed by atoms with Crippen LogP contribution in [0.25, 0.3) is 11.0 Å². The van der Waals surface area contributed by atoms with Crippen LogP contribution < -0.4 is 10.4 Å². The summed E-state index contributed by atoms with van der Waals surface area (Å²) < 4.78 is 11.9. The number of ether oxygens (including phenoxy) is 1. The molecule has 178 valence electrons. The van der Waals surface area contributed by atoms with Crippen molar-refractivity contribution >= 4 is 16.8 Å². The molecule has 1 fully saturated rings. The topological polar surface area (TPSA) is 59.8 Å². The average Bonchev–Trinajstić information content (AvgIpc) is 2.82. The van der Waals surface area contributed by atoms with Crippen LogP contribution in [0.15, 0.2) is 63.3 Å². The van der Waals surface area contributed by atoms with Gasteiger partial charge in [0.15, 0.2) is 5.78 Å². The second-order valence-electron chi connectivity index (χ2n) is 9.57. The number of benzene rings is 2. The molecule has 0 bridgehead atoms. The molecule has 0 spiro atoms. The Bertz CT molecular complexity index is 1280. The second-order valence-corrected chi connectivity index (χ2v) is 9.57. The molecule has 1 aliphatic rings. The molecule has 2 aromatic carbocycles. The molecule has 1 aliphatic heterocycles. The van der Waals surface area contributed by atoms with E-state index < -0.39 is 5.63 Å². The Morgan fingerprint density at radius 3 is 2.65 bits per heavy atom. The highest BCUT2D eigenvalue weighted by Crippen LogP contribution is 2.29. The molecule has 5 nitrogen and oxygen atoms in total. The van der Waals surface area contributed by atoms with Crippen LogP contribution in [-0.2, 0) is 12.8 Å². The fourth-order valence-electron chi connectivity index (χ4n) is 4.35. The molecular weight excluding hydrogens is 426 g/mol. The largest absolute Gasteiger partial charge is 0.490 e. The molecule has 0 aliphatic carbocycles. The van der Waals surface area contributed by atoms with E-state index in [4.69, 9.17) is 9.15 Å². The highest BCUT2D eigenvalue weighted by atomic mass is 16.5. The molecule has 1 aromatic heterocycles. The van der Waals surface area contributed by atoms with E-state index in [1.807, 2.05) is 37.3 Å². The maximum Gasteiger partial charge on any atom is 0.339 e. The Morgan fingerprint density at radius 2 is 1.91 bits per heavy atom. The molecule has 0 unspecified atom stereocenters. The molecule has 0 N–H and O–H groups in total. The summed E-state index contributed by atoms with van der Waals surface area (Å²) >= 11 is 0. The van der Waals surface area contributed by atoms with Gasteiger partial charge in [-0.15, -0.1) is 0 Å². The minimum Gasteiger partial charge on any atom is -0.490 e. The second kappa shape index (κ2) is 10.4. The van der Waals surface area contributed by atoms with Crippen LogP contribution in [0.5, 0.6) is 5.75 Å². The average molecular weight is 460 g/mol. The number of carbonyl (C=O) groups is 1. The molecule has 0 amide bonds. The molecule has 2 heterocycles. The predicted octanol–water partition coefficient (Wildman–Crippen LogP) is 5.51. The Labute approximate surface area is 201 Å². The summed E-state index contributed by atoms with van der Waals surface area (Å²) in [5.74, 6) is 0.659. The summed E-state index contributed by atoms with van der Waals surface area (Å²) in [6.45, 7) is 8.06. The smallest absolute Gasteiger partial charge is 0.339 e. The fraction of sp³-hybridized carbons (Fsp3) is 0.379. The number of hydrogen-bond acceptors (Lipinski definition) is 5. The van der Waals surface area contributed by atoms with Crippen molar-refractivity contribution in [1.82, 2.24) is 4.90 Å². The number of likely N-dealkylation sites (tertiary alicyclic amines) is 1. The SMILES string of the molecule is CC(C)=CCc1cccc(C(=O)Cc2cc3ccc(OC4CCN(C)CC4)c(C)c3oc2=O)c1. The monoisotopic (exact) mass is 459 g/mol. The van der Waals surface area contributed by atoms with Gasteiger partial charge in [-0.3, -0.25) is 4.79 Å². The number of allylic oxidation sites excluding steroid dienone is 2. The van der Waals surface area contributed by atoms with E-state index in [9.17, 15) is 9.59 Å². The summed E-state index contributed by atoms with van der Waals surface area (Å²) in [6, 6.07) is 13.2. The summed E-state index contributed by atoms with van der Waals surface area (Å²) in [5, 5.41) is 0.799. The Morgan fingerprint density at radius 1 is 1.15 bits per heavy atom. The lowest BCUT2D eigenvalue weighted by molar-refractivity contribution is 0.0991. The van der Waals surface area contributed by atoms with Gasteiger partial charge >= 0.3 is 5.63 Å². The first-order valence-electron chi connectivity index (χ1n) is 12.0. The Hall–Kier alpha value is -3.18. The van der Waals surface area contributed by atoms with Crippen molar-refractivity contribution in [3.05, 3.63) is 86.8 Å². The van der Waals surface area contributed by atoms with Crippen molar-refractivity contribution in [3.8, 4) is 5.75 Å². The van der Waals surface area contributed by atoms with Gasteiger partial charge in [0.25, 0.3) is 0 Å². The van der Waals surface area contributed by atoms with Crippen LogP contribution in [0.4, 0.5) is 0 Å². The molecular formula is C29H33NO4. The first kappa shape index (κ1) is 24.0. The number of piperidine rings is 1. The minimum absolute atomic E-state index is 0.0112. The van der Waals surface area contributed by atoms with Crippen LogP contribution in [0.3, 0.4) is 0 Å². The first-order valence-corrected chi connectivity index (χ1v) is 12.0. The molecule has 0 radical (unpaired) electrons. The van der Waals surface area contributed by atoms with E-state index in [1.165, 1.54) is 5.57 Å². The summed E-state index contributed by atoms with van der Waals surface area (Å²) in [5.41, 5.74) is 4.16. The lowest BCUT2D eigenvalue weighted by atomic mass is 9.99. The van der Waals surface area contributed by atoms with E-state index in [0.29, 0.717) is 16.7 Å². The van der Waals surface area contributed by atoms with Crippen LogP contribution in [0, 0.1) is 6.92 Å². The first-order chi connectivity index (χ1) is 16.3. The van der Waals surface area contributed by atoms with Crippen molar-refractivity contribution in [2.75, 3.05) is 20.1 Å². The number of carbonyl (C=O) groups excluding carboxylic acids is 1. The number of fused-ring (bicyclic) bond motifs is 1. The van der Waals surface area contributed by atoms with Crippen LogP contribution in [0.2, 0.25) is 0 Å². The van der Waals surface area contributed by atoms with E-state index in [0.717, 1.165) is 54.6 Å². The lowest BCUT2D eigenvalue weighted by Gasteiger charge is -2.29. The quantitative estimate of drug-likeness (QED) is 0.265. The predicted molar refractivity (Wildman–Crippen MR) is 136 cm³/mol. The third-order valence-electron chi connectivity index (χ3n) is 6.48. The maximum absolute atomic E-state index is 12.9. The van der Waals surface area contributed by atoms with Crippen LogP contribution in [0.1, 0.15) is 53.7 Å². The molecule has 3 aromatic rings. The van der Waals surface area contributed by atoms with Gasteiger partial charge in [0.05, 0.1) is 0 Å². The van der Waals surface area contributed by atoms with Gasteiger partial charge in [-0.25, -0.2) is 4.79 Å². The van der Waals surface area contributed by atoms with Crippen molar-refractivity contribution in [1.29, 1.82) is 0 Å². The van der Waals surface area contributed by atoms with Crippen LogP contribution >= 0.6 is 0 Å². The van der Waals surface area contributed by atoms with Gasteiger partial charge in [0, 0.05) is 41.6 Å². The lowest BCUT2D eigenvalue weighted by Crippen LogP contribution is -2.35. The zero-order chi connectivity index (χ0) is 24.2. The summed E-state index contributed by atoms with van der Waals surface area (Å²) in [6.07, 6.45) is 5.06. The number of ketones is 1. The molecule has 0 saturated carbocycles. The van der Waals surface area contributed by atoms with Crippen molar-refractivity contribution < 1.29 is 13.9 Å². The van der Waals surface area contributed by atoms with E-state index in [1.54, 1.807) is 12.1 Å². The molecule has 0 atom stereocenters. The third-order valence-corrected chi connectivity index (χ3v) is 6.48. The number of rotatable bonds is 7. The van der Waals surface area contributed by atoms with Gasteiger partial charge in [-0.05, 0) is 76.9 Å². The maximum atomic E-state index is 12.9. The number of hydrogen-bond donors (Lipinski definition) is 0. The number of nitrogens with zero attached hydrogens (tertiary/aromatic N) is 1. The van der Waals surface area contributed by atoms with Gasteiger partial charge < -0.3 is 14.1 Å². The standard InChI is InChI=1S/C29H33NO4/c1-19(2)8-9-21-6-5-7-22(16-21)26(31)18-24-17-23-10-11-27(20(3)28(23)34-29(24)32)33-25-12-14-30(4)15-13-25/h5-8,10-11,16-17,25H,9,12-15,18H2,1-4H3. The third kappa shape index (κ3) is 5.65.